The monoisotopic (exact) mass is 238 g/mol. The van der Waals surface area contributed by atoms with Gasteiger partial charge < -0.3 is 14.5 Å². The van der Waals surface area contributed by atoms with Gasteiger partial charge in [-0.15, -0.1) is 0 Å². The highest BCUT2D eigenvalue weighted by Crippen LogP contribution is 2.36. The van der Waals surface area contributed by atoms with E-state index in [4.69, 9.17) is 14.5 Å². The van der Waals surface area contributed by atoms with Crippen LogP contribution >= 0.6 is 7.60 Å². The van der Waals surface area contributed by atoms with Crippen molar-refractivity contribution in [1.82, 2.24) is 0 Å². The fraction of sp³-hybridized carbons (Fsp3) is 0.889. The lowest BCUT2D eigenvalue weighted by Crippen LogP contribution is -2.32. The Labute approximate surface area is 90.0 Å². The molecule has 0 saturated heterocycles. The summed E-state index contributed by atoms with van der Waals surface area (Å²) in [6.45, 7) is 5.94. The number of ether oxygens (including phenoxy) is 1. The molecule has 0 rings (SSSR count). The van der Waals surface area contributed by atoms with Crippen molar-refractivity contribution in [3.8, 4) is 0 Å². The minimum Gasteiger partial charge on any atom is -0.380 e. The van der Waals surface area contributed by atoms with Crippen LogP contribution in [0.15, 0.2) is 0 Å². The first-order valence-electron chi connectivity index (χ1n) is 4.84. The second-order valence-electron chi connectivity index (χ2n) is 4.18. The largest absolute Gasteiger partial charge is 0.380 e. The molecule has 2 N–H and O–H groups in total. The molecule has 0 aromatic rings. The Morgan fingerprint density at radius 3 is 2.33 bits per heavy atom. The summed E-state index contributed by atoms with van der Waals surface area (Å²) >= 11 is 0. The molecule has 0 aliphatic rings. The van der Waals surface area contributed by atoms with Gasteiger partial charge in [0.1, 0.15) is 6.16 Å². The molecule has 0 radical (unpaired) electrons. The van der Waals surface area contributed by atoms with Gasteiger partial charge in [0, 0.05) is 12.0 Å². The highest BCUT2D eigenvalue weighted by Gasteiger charge is 2.32. The minimum atomic E-state index is -4.26. The van der Waals surface area contributed by atoms with E-state index in [1.807, 2.05) is 6.92 Å². The fourth-order valence-corrected chi connectivity index (χ4v) is 1.76. The van der Waals surface area contributed by atoms with Gasteiger partial charge in [0.05, 0.1) is 6.61 Å². The van der Waals surface area contributed by atoms with E-state index in [-0.39, 0.29) is 6.61 Å². The molecule has 0 saturated carbocycles. The number of ketones is 1. The maximum atomic E-state index is 11.5. The number of hydrogen-bond donors (Lipinski definition) is 2. The summed E-state index contributed by atoms with van der Waals surface area (Å²) in [5, 5.41) is 0. The summed E-state index contributed by atoms with van der Waals surface area (Å²) in [6, 6.07) is 0. The third-order valence-corrected chi connectivity index (χ3v) is 2.61. The quantitative estimate of drug-likeness (QED) is 0.514. The predicted octanol–water partition coefficient (Wildman–Crippen LogP) is 1.19. The molecule has 0 amide bonds. The summed E-state index contributed by atoms with van der Waals surface area (Å²) in [6.07, 6.45) is 0.137. The van der Waals surface area contributed by atoms with Crippen molar-refractivity contribution in [1.29, 1.82) is 0 Å². The van der Waals surface area contributed by atoms with Gasteiger partial charge >= 0.3 is 7.60 Å². The number of Topliss-reactive ketones (excluding diaryl/α,β-unsaturated/α-hetero) is 1. The van der Waals surface area contributed by atoms with Crippen LogP contribution in [0.1, 0.15) is 27.2 Å². The van der Waals surface area contributed by atoms with Gasteiger partial charge in [0.2, 0.25) is 0 Å². The highest BCUT2D eigenvalue weighted by molar-refractivity contribution is 7.52. The van der Waals surface area contributed by atoms with Crippen LogP contribution in [0.2, 0.25) is 0 Å². The van der Waals surface area contributed by atoms with E-state index in [9.17, 15) is 9.36 Å². The van der Waals surface area contributed by atoms with Crippen LogP contribution in [0.5, 0.6) is 0 Å². The molecule has 0 heterocycles. The van der Waals surface area contributed by atoms with Gasteiger partial charge in [-0.3, -0.25) is 9.36 Å². The van der Waals surface area contributed by atoms with Crippen LogP contribution < -0.4 is 0 Å². The molecule has 6 heteroatoms. The lowest BCUT2D eigenvalue weighted by Gasteiger charge is -2.22. The van der Waals surface area contributed by atoms with Gasteiger partial charge in [-0.2, -0.15) is 0 Å². The van der Waals surface area contributed by atoms with Crippen LogP contribution in [0, 0.1) is 5.41 Å². The third kappa shape index (κ3) is 6.79. The number of carbonyl (C=O) groups is 1. The second-order valence-corrected chi connectivity index (χ2v) is 5.83. The zero-order chi connectivity index (χ0) is 12.1. The molecule has 0 spiro atoms. The molecule has 0 fully saturated rings. The molecule has 0 atom stereocenters. The topological polar surface area (TPSA) is 83.8 Å². The molecule has 0 aromatic carbocycles. The number of hydrogen-bond acceptors (Lipinski definition) is 3. The van der Waals surface area contributed by atoms with Crippen LogP contribution in [0.3, 0.4) is 0 Å². The van der Waals surface area contributed by atoms with Crippen molar-refractivity contribution in [2.24, 2.45) is 5.41 Å². The molecule has 15 heavy (non-hydrogen) atoms. The molecule has 0 bridgehead atoms. The second kappa shape index (κ2) is 5.75. The first kappa shape index (κ1) is 14.8. The van der Waals surface area contributed by atoms with Crippen molar-refractivity contribution < 1.29 is 23.9 Å². The van der Waals surface area contributed by atoms with Gasteiger partial charge in [-0.25, -0.2) is 0 Å². The molecule has 0 aliphatic heterocycles. The summed E-state index contributed by atoms with van der Waals surface area (Å²) in [4.78, 5) is 28.8. The molecule has 0 unspecified atom stereocenters. The first-order chi connectivity index (χ1) is 6.69. The van der Waals surface area contributed by atoms with E-state index in [2.05, 4.69) is 0 Å². The first-order valence-corrected chi connectivity index (χ1v) is 6.64. The summed E-state index contributed by atoms with van der Waals surface area (Å²) < 4.78 is 15.9. The molecule has 0 aromatic heterocycles. The summed E-state index contributed by atoms with van der Waals surface area (Å²) in [5.41, 5.74) is -0.837. The van der Waals surface area contributed by atoms with Crippen LogP contribution in [-0.4, -0.2) is 34.9 Å². The SMILES string of the molecule is CCCOCC(C)(C)C(=O)CP(=O)(O)O. The Morgan fingerprint density at radius 2 is 1.93 bits per heavy atom. The van der Waals surface area contributed by atoms with E-state index in [0.717, 1.165) is 6.42 Å². The number of rotatable bonds is 7. The van der Waals surface area contributed by atoms with Crippen LogP contribution in [-0.2, 0) is 14.1 Å². The molecular weight excluding hydrogens is 219 g/mol. The van der Waals surface area contributed by atoms with Crippen LogP contribution in [0.4, 0.5) is 0 Å². The highest BCUT2D eigenvalue weighted by atomic mass is 31.2. The van der Waals surface area contributed by atoms with Crippen LogP contribution in [0.25, 0.3) is 0 Å². The Kier molecular flexibility index (Phi) is 5.67. The average molecular weight is 238 g/mol. The van der Waals surface area contributed by atoms with Crippen molar-refractivity contribution in [2.75, 3.05) is 19.4 Å². The van der Waals surface area contributed by atoms with Crippen molar-refractivity contribution in [2.45, 2.75) is 27.2 Å². The Hall–Kier alpha value is -0.220. The zero-order valence-corrected chi connectivity index (χ0v) is 10.3. The van der Waals surface area contributed by atoms with E-state index in [1.54, 1.807) is 13.8 Å². The molecular formula is C9H19O5P. The molecule has 90 valence electrons. The lowest BCUT2D eigenvalue weighted by molar-refractivity contribution is -0.127. The maximum Gasteiger partial charge on any atom is 0.332 e. The van der Waals surface area contributed by atoms with E-state index in [1.165, 1.54) is 0 Å². The third-order valence-electron chi connectivity index (χ3n) is 1.92. The van der Waals surface area contributed by atoms with Crippen molar-refractivity contribution in [3.05, 3.63) is 0 Å². The molecule has 5 nitrogen and oxygen atoms in total. The lowest BCUT2D eigenvalue weighted by atomic mass is 9.90. The summed E-state index contributed by atoms with van der Waals surface area (Å²) in [5.74, 6) is -0.466. The van der Waals surface area contributed by atoms with Gasteiger partial charge in [-0.05, 0) is 6.42 Å². The Morgan fingerprint density at radius 1 is 1.40 bits per heavy atom. The van der Waals surface area contributed by atoms with E-state index in [0.29, 0.717) is 6.61 Å². The van der Waals surface area contributed by atoms with E-state index < -0.39 is 25.0 Å². The predicted molar refractivity (Wildman–Crippen MR) is 56.8 cm³/mol. The number of carbonyl (C=O) groups excluding carboxylic acids is 1. The van der Waals surface area contributed by atoms with E-state index >= 15 is 0 Å². The van der Waals surface area contributed by atoms with Crippen molar-refractivity contribution in [3.63, 3.8) is 0 Å². The van der Waals surface area contributed by atoms with Gasteiger partial charge in [0.25, 0.3) is 0 Å². The average Bonchev–Trinajstić information content (AvgIpc) is 2.01. The van der Waals surface area contributed by atoms with Gasteiger partial charge in [0.15, 0.2) is 5.78 Å². The normalized spacial score (nSPS) is 12.9. The fourth-order valence-electron chi connectivity index (χ4n) is 0.953. The smallest absolute Gasteiger partial charge is 0.332 e. The maximum absolute atomic E-state index is 11.5. The zero-order valence-electron chi connectivity index (χ0n) is 9.39. The Bertz CT molecular complexity index is 255. The Balaban J connectivity index is 4.20. The van der Waals surface area contributed by atoms with Gasteiger partial charge in [-0.1, -0.05) is 20.8 Å². The summed E-state index contributed by atoms with van der Waals surface area (Å²) in [7, 11) is -4.26. The molecule has 0 aliphatic carbocycles. The standard InChI is InChI=1S/C9H19O5P/c1-4-5-14-7-9(2,3)8(10)6-15(11,12)13/h4-7H2,1-3H3,(H2,11,12,13). The minimum absolute atomic E-state index is 0.194. The van der Waals surface area contributed by atoms with Crippen molar-refractivity contribution >= 4 is 13.4 Å².